The maximum absolute atomic E-state index is 14.4. The zero-order valence-corrected chi connectivity index (χ0v) is 14.7. The van der Waals surface area contributed by atoms with Crippen molar-refractivity contribution in [2.45, 2.75) is 32.2 Å². The van der Waals surface area contributed by atoms with E-state index >= 15 is 0 Å². The number of hydrogen-bond acceptors (Lipinski definition) is 4. The molecule has 6 heteroatoms. The number of rotatable bonds is 4. The minimum atomic E-state index is -0.456. The van der Waals surface area contributed by atoms with E-state index in [1.165, 1.54) is 12.1 Å². The van der Waals surface area contributed by atoms with E-state index in [0.717, 1.165) is 24.8 Å². The van der Waals surface area contributed by atoms with Gasteiger partial charge in [-0.3, -0.25) is 4.79 Å². The van der Waals surface area contributed by atoms with Crippen LogP contribution in [0.5, 0.6) is 0 Å². The van der Waals surface area contributed by atoms with Crippen LogP contribution in [0.2, 0.25) is 0 Å². The van der Waals surface area contributed by atoms with Crippen molar-refractivity contribution < 1.29 is 9.18 Å². The van der Waals surface area contributed by atoms with E-state index in [1.54, 1.807) is 6.07 Å². The highest BCUT2D eigenvalue weighted by atomic mass is 19.1. The summed E-state index contributed by atoms with van der Waals surface area (Å²) < 4.78 is 14.4. The number of nitrogens with two attached hydrogens (primary N) is 3. The molecule has 1 fully saturated rings. The first-order valence-electron chi connectivity index (χ1n) is 8.60. The predicted molar refractivity (Wildman–Crippen MR) is 102 cm³/mol. The van der Waals surface area contributed by atoms with Gasteiger partial charge in [-0.25, -0.2) is 4.39 Å². The number of carbonyl (C=O) groups excluding carboxylic acids is 1. The molecule has 2 aromatic rings. The van der Waals surface area contributed by atoms with Crippen LogP contribution in [-0.4, -0.2) is 11.9 Å². The van der Waals surface area contributed by atoms with Crippen LogP contribution >= 0.6 is 0 Å². The maximum atomic E-state index is 14.4. The van der Waals surface area contributed by atoms with Gasteiger partial charge >= 0.3 is 0 Å². The number of amides is 1. The quantitative estimate of drug-likeness (QED) is 0.500. The van der Waals surface area contributed by atoms with Crippen molar-refractivity contribution in [1.82, 2.24) is 5.32 Å². The number of halogens is 1. The molecule has 0 unspecified atom stereocenters. The molecule has 26 heavy (non-hydrogen) atoms. The lowest BCUT2D eigenvalue weighted by molar-refractivity contribution is -0.118. The van der Waals surface area contributed by atoms with Crippen LogP contribution < -0.4 is 22.5 Å². The van der Waals surface area contributed by atoms with Crippen molar-refractivity contribution in [2.75, 3.05) is 5.73 Å². The van der Waals surface area contributed by atoms with Gasteiger partial charge in [-0.2, -0.15) is 0 Å². The summed E-state index contributed by atoms with van der Waals surface area (Å²) in [5.74, 6) is -0.879. The van der Waals surface area contributed by atoms with E-state index in [1.807, 2.05) is 25.1 Å². The Bertz CT molecular complexity index is 887. The van der Waals surface area contributed by atoms with Crippen LogP contribution in [0.1, 0.15) is 30.4 Å². The van der Waals surface area contributed by atoms with E-state index < -0.39 is 11.7 Å². The first kappa shape index (κ1) is 17.8. The van der Waals surface area contributed by atoms with Crippen molar-refractivity contribution in [3.8, 4) is 11.1 Å². The molecule has 7 N–H and O–H groups in total. The fraction of sp³-hybridized carbons (Fsp3) is 0.250. The summed E-state index contributed by atoms with van der Waals surface area (Å²) >= 11 is 0. The van der Waals surface area contributed by atoms with E-state index in [0.29, 0.717) is 11.1 Å². The molecule has 1 amide bonds. The number of anilines is 1. The predicted octanol–water partition coefficient (Wildman–Crippen LogP) is 2.64. The van der Waals surface area contributed by atoms with Gasteiger partial charge in [0, 0.05) is 17.2 Å². The zero-order chi connectivity index (χ0) is 18.8. The van der Waals surface area contributed by atoms with E-state index in [4.69, 9.17) is 17.2 Å². The average molecular weight is 354 g/mol. The molecule has 3 rings (SSSR count). The molecule has 1 saturated carbocycles. The van der Waals surface area contributed by atoms with Gasteiger partial charge < -0.3 is 22.5 Å². The summed E-state index contributed by atoms with van der Waals surface area (Å²) in [6, 6.07) is 10.2. The minimum Gasteiger partial charge on any atom is -0.398 e. The van der Waals surface area contributed by atoms with Gasteiger partial charge in [-0.05, 0) is 43.9 Å². The second kappa shape index (κ2) is 7.07. The summed E-state index contributed by atoms with van der Waals surface area (Å²) in [6.07, 6.45) is 2.97. The Labute approximate surface area is 152 Å². The average Bonchev–Trinajstić information content (AvgIpc) is 2.57. The summed E-state index contributed by atoms with van der Waals surface area (Å²) in [6.45, 7) is 1.92. The summed E-state index contributed by atoms with van der Waals surface area (Å²) in [4.78, 5) is 12.2. The Hall–Kier alpha value is -3.02. The number of nitrogens with one attached hydrogen (secondary N) is 1. The maximum Gasteiger partial charge on any atom is 0.269 e. The molecule has 0 heterocycles. The second-order valence-electron chi connectivity index (χ2n) is 6.68. The SMILES string of the molecule is Cc1cccc(-c2c(F)ccc(/C(N)=C(\N)C(=O)NC3CCC3)c2N)c1. The topological polar surface area (TPSA) is 107 Å². The van der Waals surface area contributed by atoms with Crippen LogP contribution in [0.4, 0.5) is 10.1 Å². The van der Waals surface area contributed by atoms with E-state index in [9.17, 15) is 9.18 Å². The third kappa shape index (κ3) is 3.35. The minimum absolute atomic E-state index is 0.0493. The Morgan fingerprint density at radius 3 is 2.54 bits per heavy atom. The summed E-state index contributed by atoms with van der Waals surface area (Å²) in [7, 11) is 0. The Morgan fingerprint density at radius 2 is 1.92 bits per heavy atom. The van der Waals surface area contributed by atoms with Gasteiger partial charge in [0.15, 0.2) is 0 Å². The van der Waals surface area contributed by atoms with Gasteiger partial charge in [0.05, 0.1) is 11.4 Å². The van der Waals surface area contributed by atoms with Crippen LogP contribution in [0, 0.1) is 12.7 Å². The second-order valence-corrected chi connectivity index (χ2v) is 6.68. The number of nitrogen functional groups attached to an aromatic ring is 1. The molecule has 0 spiro atoms. The van der Waals surface area contributed by atoms with E-state index in [2.05, 4.69) is 5.32 Å². The molecule has 1 aliphatic carbocycles. The van der Waals surface area contributed by atoms with Gasteiger partial charge in [-0.15, -0.1) is 0 Å². The molecular formula is C20H23FN4O. The van der Waals surface area contributed by atoms with Crippen LogP contribution in [0.25, 0.3) is 16.8 Å². The largest absolute Gasteiger partial charge is 0.398 e. The van der Waals surface area contributed by atoms with Crippen molar-refractivity contribution in [3.63, 3.8) is 0 Å². The fourth-order valence-electron chi connectivity index (χ4n) is 3.00. The lowest BCUT2D eigenvalue weighted by Gasteiger charge is -2.26. The molecule has 5 nitrogen and oxygen atoms in total. The highest BCUT2D eigenvalue weighted by Gasteiger charge is 2.23. The van der Waals surface area contributed by atoms with Crippen molar-refractivity contribution in [3.05, 3.63) is 59.0 Å². The lowest BCUT2D eigenvalue weighted by atomic mass is 9.93. The number of hydrogen-bond donors (Lipinski definition) is 4. The first-order valence-corrected chi connectivity index (χ1v) is 8.60. The van der Waals surface area contributed by atoms with Gasteiger partial charge in [-0.1, -0.05) is 29.8 Å². The van der Waals surface area contributed by atoms with Crippen LogP contribution in [0.3, 0.4) is 0 Å². The molecule has 0 bridgehead atoms. The molecule has 0 atom stereocenters. The van der Waals surface area contributed by atoms with Gasteiger partial charge in [0.1, 0.15) is 11.5 Å². The summed E-state index contributed by atoms with van der Waals surface area (Å²) in [5, 5.41) is 2.83. The molecule has 0 radical (unpaired) electrons. The van der Waals surface area contributed by atoms with E-state index in [-0.39, 0.29) is 28.7 Å². The Balaban J connectivity index is 2.01. The van der Waals surface area contributed by atoms with Crippen LogP contribution in [-0.2, 0) is 4.79 Å². The molecule has 0 aliphatic heterocycles. The number of benzene rings is 2. The molecule has 2 aromatic carbocycles. The van der Waals surface area contributed by atoms with Crippen molar-refractivity contribution in [2.24, 2.45) is 11.5 Å². The fourth-order valence-corrected chi connectivity index (χ4v) is 3.00. The molecule has 1 aliphatic rings. The molecular weight excluding hydrogens is 331 g/mol. The van der Waals surface area contributed by atoms with Gasteiger partial charge in [0.2, 0.25) is 0 Å². The highest BCUT2D eigenvalue weighted by molar-refractivity contribution is 6.01. The Morgan fingerprint density at radius 1 is 1.19 bits per heavy atom. The van der Waals surface area contributed by atoms with Gasteiger partial charge in [0.25, 0.3) is 5.91 Å². The Kier molecular flexibility index (Phi) is 4.84. The van der Waals surface area contributed by atoms with Crippen molar-refractivity contribution in [1.29, 1.82) is 0 Å². The monoisotopic (exact) mass is 354 g/mol. The summed E-state index contributed by atoms with van der Waals surface area (Å²) in [5.41, 5.74) is 20.6. The standard InChI is InChI=1S/C20H23FN4O/c1-11-4-2-5-12(10-11)16-15(21)9-8-14(17(16)22)18(23)19(24)20(26)25-13-6-3-7-13/h2,4-5,8-10,13H,3,6-7,22-24H2,1H3,(H,25,26)/b19-18+. The third-order valence-corrected chi connectivity index (χ3v) is 4.77. The number of carbonyl (C=O) groups is 1. The lowest BCUT2D eigenvalue weighted by Crippen LogP contribution is -2.42. The zero-order valence-electron chi connectivity index (χ0n) is 14.7. The van der Waals surface area contributed by atoms with Crippen LogP contribution in [0.15, 0.2) is 42.1 Å². The first-order chi connectivity index (χ1) is 12.4. The smallest absolute Gasteiger partial charge is 0.269 e. The molecule has 0 aromatic heterocycles. The third-order valence-electron chi connectivity index (χ3n) is 4.77. The highest BCUT2D eigenvalue weighted by Crippen LogP contribution is 2.34. The molecule has 0 saturated heterocycles. The van der Waals surface area contributed by atoms with Crippen molar-refractivity contribution >= 4 is 17.3 Å². The number of aryl methyl sites for hydroxylation is 1. The molecule has 136 valence electrons. The normalized spacial score (nSPS) is 15.2.